The van der Waals surface area contributed by atoms with Crippen molar-refractivity contribution in [3.05, 3.63) is 0 Å². The number of rotatable bonds is 17. The first-order valence-electron chi connectivity index (χ1n) is 9.52. The average Bonchev–Trinajstić information content (AvgIpc) is 2.64. The van der Waals surface area contributed by atoms with Crippen molar-refractivity contribution in [2.45, 2.75) is 53.1 Å². The zero-order valence-corrected chi connectivity index (χ0v) is 16.7. The van der Waals surface area contributed by atoms with E-state index in [0.717, 1.165) is 19.3 Å². The van der Waals surface area contributed by atoms with Gasteiger partial charge in [-0.3, -0.25) is 4.79 Å². The van der Waals surface area contributed by atoms with Gasteiger partial charge in [0.2, 0.25) is 5.91 Å². The Labute approximate surface area is 156 Å². The van der Waals surface area contributed by atoms with Gasteiger partial charge in [-0.2, -0.15) is 0 Å². The predicted octanol–water partition coefficient (Wildman–Crippen LogP) is 2.22. The first-order valence-corrected chi connectivity index (χ1v) is 9.52. The molecule has 0 saturated heterocycles. The molecule has 0 rings (SSSR count). The molecule has 0 spiro atoms. The van der Waals surface area contributed by atoms with Gasteiger partial charge >= 0.3 is 0 Å². The molecule has 7 heteroatoms. The number of amides is 1. The zero-order valence-electron chi connectivity index (χ0n) is 16.7. The van der Waals surface area contributed by atoms with Gasteiger partial charge in [0.1, 0.15) is 6.61 Å². The third kappa shape index (κ3) is 23.3. The third-order valence-corrected chi connectivity index (χ3v) is 3.14. The second kappa shape index (κ2) is 23.3. The minimum atomic E-state index is -0.105. The molecule has 0 fully saturated rings. The summed E-state index contributed by atoms with van der Waals surface area (Å²) in [6.45, 7) is 12.6. The van der Waals surface area contributed by atoms with Crippen molar-refractivity contribution < 1.29 is 26.6 Å². The highest BCUT2D eigenvalue weighted by molar-refractivity contribution is 5.77. The summed E-state index contributed by atoms with van der Waals surface area (Å²) in [4.78, 5) is 11.4. The van der Waals surface area contributed by atoms with E-state index in [-0.39, 0.29) is 21.5 Å². The molecule has 0 aromatic rings. The fourth-order valence-corrected chi connectivity index (χ4v) is 1.58. The van der Waals surface area contributed by atoms with E-state index >= 15 is 0 Å². The van der Waals surface area contributed by atoms with Gasteiger partial charge in [0, 0.05) is 9.40 Å². The van der Waals surface area contributed by atoms with Gasteiger partial charge in [-0.05, 0) is 32.7 Å². The van der Waals surface area contributed by atoms with E-state index in [0.29, 0.717) is 52.7 Å². The second-order valence-corrected chi connectivity index (χ2v) is 5.21. The SMILES string of the molecule is CC.CCC(C)OCCOCCOCCOCC(=O)NCCCCN.[HH].[HH]. The van der Waals surface area contributed by atoms with Crippen molar-refractivity contribution in [2.75, 3.05) is 59.3 Å². The monoisotopic (exact) mass is 368 g/mol. The zero-order chi connectivity index (χ0) is 19.2. The quantitative estimate of drug-likeness (QED) is 0.383. The summed E-state index contributed by atoms with van der Waals surface area (Å²) in [5, 5.41) is 2.77. The van der Waals surface area contributed by atoms with Crippen molar-refractivity contribution in [1.82, 2.24) is 5.32 Å². The Morgan fingerprint density at radius 3 is 2.12 bits per heavy atom. The number of carbonyl (C=O) groups excluding carboxylic acids is 1. The standard InChI is InChI=1S/C16H34N2O5.C2H6.2H2/c1-3-15(2)23-13-12-21-9-8-20-10-11-22-14-16(19)18-7-5-4-6-17;1-2;;/h15H,3-14,17H2,1-2H3,(H,18,19);1-2H3;2*1H. The van der Waals surface area contributed by atoms with Crippen molar-refractivity contribution in [3.8, 4) is 0 Å². The van der Waals surface area contributed by atoms with Crippen LogP contribution in [0.3, 0.4) is 0 Å². The number of carbonyl (C=O) groups is 1. The molecule has 0 bridgehead atoms. The Bertz CT molecular complexity index is 278. The van der Waals surface area contributed by atoms with Gasteiger partial charge in [-0.25, -0.2) is 0 Å². The van der Waals surface area contributed by atoms with E-state index in [1.54, 1.807) is 0 Å². The molecule has 1 amide bonds. The highest BCUT2D eigenvalue weighted by Crippen LogP contribution is 1.94. The summed E-state index contributed by atoms with van der Waals surface area (Å²) in [6, 6.07) is 0. The van der Waals surface area contributed by atoms with Gasteiger partial charge in [0.05, 0.1) is 45.7 Å². The Hall–Kier alpha value is -0.730. The van der Waals surface area contributed by atoms with Crippen LogP contribution in [0.1, 0.15) is 49.8 Å². The lowest BCUT2D eigenvalue weighted by Crippen LogP contribution is -2.29. The van der Waals surface area contributed by atoms with E-state index in [4.69, 9.17) is 24.7 Å². The van der Waals surface area contributed by atoms with Crippen LogP contribution in [-0.2, 0) is 23.7 Å². The van der Waals surface area contributed by atoms with Crippen molar-refractivity contribution in [3.63, 3.8) is 0 Å². The number of ether oxygens (including phenoxy) is 4. The molecule has 156 valence electrons. The van der Waals surface area contributed by atoms with E-state index in [1.165, 1.54) is 0 Å². The maximum atomic E-state index is 11.4. The normalized spacial score (nSPS) is 11.6. The van der Waals surface area contributed by atoms with Crippen molar-refractivity contribution >= 4 is 5.91 Å². The number of unbranched alkanes of at least 4 members (excludes halogenated alkanes) is 1. The number of nitrogens with two attached hydrogens (primary N) is 1. The van der Waals surface area contributed by atoms with Crippen LogP contribution in [0.25, 0.3) is 0 Å². The molecule has 0 aliphatic carbocycles. The Balaban J connectivity index is -0.000000637. The predicted molar refractivity (Wildman–Crippen MR) is 105 cm³/mol. The molecule has 1 unspecified atom stereocenters. The molecular formula is C18H44N2O5. The molecule has 3 N–H and O–H groups in total. The van der Waals surface area contributed by atoms with Crippen LogP contribution in [0.4, 0.5) is 0 Å². The Morgan fingerprint density at radius 2 is 1.56 bits per heavy atom. The molecular weight excluding hydrogens is 324 g/mol. The van der Waals surface area contributed by atoms with E-state index in [1.807, 2.05) is 20.8 Å². The smallest absolute Gasteiger partial charge is 0.245 e. The molecule has 0 aromatic carbocycles. The average molecular weight is 369 g/mol. The summed E-state index contributed by atoms with van der Waals surface area (Å²) >= 11 is 0. The first-order chi connectivity index (χ1) is 12.2. The van der Waals surface area contributed by atoms with E-state index < -0.39 is 0 Å². The lowest BCUT2D eigenvalue weighted by molar-refractivity contribution is -0.126. The fourth-order valence-electron chi connectivity index (χ4n) is 1.58. The van der Waals surface area contributed by atoms with Crippen LogP contribution >= 0.6 is 0 Å². The molecule has 0 saturated carbocycles. The van der Waals surface area contributed by atoms with Crippen LogP contribution in [0, 0.1) is 0 Å². The largest absolute Gasteiger partial charge is 0.377 e. The summed E-state index contributed by atoms with van der Waals surface area (Å²) in [7, 11) is 0. The second-order valence-electron chi connectivity index (χ2n) is 5.21. The van der Waals surface area contributed by atoms with Gasteiger partial charge in [0.25, 0.3) is 0 Å². The summed E-state index contributed by atoms with van der Waals surface area (Å²) < 4.78 is 21.4. The summed E-state index contributed by atoms with van der Waals surface area (Å²) in [5.74, 6) is -0.105. The molecule has 0 heterocycles. The minimum Gasteiger partial charge on any atom is -0.377 e. The first kappa shape index (κ1) is 26.5. The van der Waals surface area contributed by atoms with Crippen molar-refractivity contribution in [1.29, 1.82) is 0 Å². The lowest BCUT2D eigenvalue weighted by Gasteiger charge is -2.10. The molecule has 0 radical (unpaired) electrons. The van der Waals surface area contributed by atoms with Crippen LogP contribution in [0.15, 0.2) is 0 Å². The van der Waals surface area contributed by atoms with E-state index in [9.17, 15) is 4.79 Å². The number of nitrogens with one attached hydrogen (secondary N) is 1. The highest BCUT2D eigenvalue weighted by atomic mass is 16.6. The van der Waals surface area contributed by atoms with Crippen LogP contribution < -0.4 is 11.1 Å². The maximum absolute atomic E-state index is 11.4. The van der Waals surface area contributed by atoms with Gasteiger partial charge in [0.15, 0.2) is 0 Å². The van der Waals surface area contributed by atoms with Gasteiger partial charge in [-0.1, -0.05) is 20.8 Å². The van der Waals surface area contributed by atoms with Gasteiger partial charge < -0.3 is 30.0 Å². The summed E-state index contributed by atoms with van der Waals surface area (Å²) in [5.41, 5.74) is 5.37. The number of hydrogen-bond acceptors (Lipinski definition) is 6. The Morgan fingerprint density at radius 1 is 1.00 bits per heavy atom. The Kier molecular flexibility index (Phi) is 24.7. The molecule has 7 nitrogen and oxygen atoms in total. The van der Waals surface area contributed by atoms with Crippen LogP contribution in [0.2, 0.25) is 0 Å². The fraction of sp³-hybridized carbons (Fsp3) is 0.944. The van der Waals surface area contributed by atoms with E-state index in [2.05, 4.69) is 12.2 Å². The molecule has 25 heavy (non-hydrogen) atoms. The molecule has 0 aliphatic heterocycles. The number of hydrogen-bond donors (Lipinski definition) is 2. The highest BCUT2D eigenvalue weighted by Gasteiger charge is 2.00. The van der Waals surface area contributed by atoms with Crippen LogP contribution in [-0.4, -0.2) is 71.3 Å². The van der Waals surface area contributed by atoms with Gasteiger partial charge in [-0.15, -0.1) is 0 Å². The molecule has 0 aromatic heterocycles. The summed E-state index contributed by atoms with van der Waals surface area (Å²) in [6.07, 6.45) is 3.11. The molecule has 0 aliphatic rings. The van der Waals surface area contributed by atoms with Crippen LogP contribution in [0.5, 0.6) is 0 Å². The van der Waals surface area contributed by atoms with Crippen molar-refractivity contribution in [2.24, 2.45) is 5.73 Å². The topological polar surface area (TPSA) is 92.0 Å². The molecule has 1 atom stereocenters. The maximum Gasteiger partial charge on any atom is 0.245 e. The third-order valence-electron chi connectivity index (χ3n) is 3.14. The minimum absolute atomic E-state index is 0. The lowest BCUT2D eigenvalue weighted by atomic mass is 10.3.